The lowest BCUT2D eigenvalue weighted by Crippen LogP contribution is -2.39. The molecule has 0 atom stereocenters. The van der Waals surface area contributed by atoms with Gasteiger partial charge in [0.05, 0.1) is 10.6 Å². The predicted octanol–water partition coefficient (Wildman–Crippen LogP) is 2.95. The molecule has 1 aromatic carbocycles. The van der Waals surface area contributed by atoms with Gasteiger partial charge in [-0.25, -0.2) is 8.42 Å². The molecule has 1 fully saturated rings. The number of nitrogens with one attached hydrogen (secondary N) is 1. The van der Waals surface area contributed by atoms with Crippen LogP contribution in [0.5, 0.6) is 0 Å². The van der Waals surface area contributed by atoms with Gasteiger partial charge in [-0.2, -0.15) is 0 Å². The number of amides is 1. The highest BCUT2D eigenvalue weighted by atomic mass is 35.5. The van der Waals surface area contributed by atoms with E-state index in [0.29, 0.717) is 18.0 Å². The summed E-state index contributed by atoms with van der Waals surface area (Å²) in [7, 11) is -3.42. The molecule has 0 unspecified atom stereocenters. The van der Waals surface area contributed by atoms with Gasteiger partial charge in [0.15, 0.2) is 9.84 Å². The second-order valence-electron chi connectivity index (χ2n) is 6.56. The van der Waals surface area contributed by atoms with Crippen molar-refractivity contribution in [1.82, 2.24) is 5.32 Å². The average Bonchev–Trinajstić information content (AvgIpc) is 2.56. The van der Waals surface area contributed by atoms with Crippen molar-refractivity contribution in [3.8, 4) is 0 Å². The maximum absolute atomic E-state index is 12.2. The van der Waals surface area contributed by atoms with E-state index < -0.39 is 9.84 Å². The number of rotatable bonds is 7. The molecule has 0 radical (unpaired) electrons. The first-order valence-corrected chi connectivity index (χ1v) is 10.4. The normalized spacial score (nSPS) is 16.7. The molecule has 142 valence electrons. The summed E-state index contributed by atoms with van der Waals surface area (Å²) in [5.41, 5.74) is 5.77. The fourth-order valence-corrected chi connectivity index (χ4v) is 4.53. The molecule has 0 saturated heterocycles. The molecule has 0 spiro atoms. The standard InChI is InChI=1S/C17H25ClN2O3S.ClH/c18-14-4-6-15(7-5-14)24(22,23)11-10-20-16(21)12-17(13-19)8-2-1-3-9-17;/h4-7H,1-3,8-13,19H2,(H,20,21);1H. The fourth-order valence-electron chi connectivity index (χ4n) is 3.24. The molecule has 0 aliphatic heterocycles. The van der Waals surface area contributed by atoms with Crippen molar-refractivity contribution in [2.24, 2.45) is 11.1 Å². The van der Waals surface area contributed by atoms with Crippen LogP contribution in [-0.4, -0.2) is 33.2 Å². The quantitative estimate of drug-likeness (QED) is 0.725. The third-order valence-corrected chi connectivity index (χ3v) is 6.73. The van der Waals surface area contributed by atoms with Crippen LogP contribution in [0.25, 0.3) is 0 Å². The monoisotopic (exact) mass is 408 g/mol. The molecule has 1 aliphatic rings. The molecule has 8 heteroatoms. The first-order valence-electron chi connectivity index (χ1n) is 8.32. The second-order valence-corrected chi connectivity index (χ2v) is 9.11. The van der Waals surface area contributed by atoms with Gasteiger partial charge < -0.3 is 11.1 Å². The van der Waals surface area contributed by atoms with Crippen LogP contribution >= 0.6 is 24.0 Å². The van der Waals surface area contributed by atoms with Gasteiger partial charge in [-0.3, -0.25) is 4.79 Å². The van der Waals surface area contributed by atoms with Crippen molar-refractivity contribution >= 4 is 39.8 Å². The Bertz CT molecular complexity index is 657. The first-order chi connectivity index (χ1) is 11.4. The van der Waals surface area contributed by atoms with E-state index in [-0.39, 0.29) is 40.9 Å². The summed E-state index contributed by atoms with van der Waals surface area (Å²) in [6.45, 7) is 0.605. The van der Waals surface area contributed by atoms with E-state index in [9.17, 15) is 13.2 Å². The van der Waals surface area contributed by atoms with Crippen LogP contribution in [0.3, 0.4) is 0 Å². The Labute approximate surface area is 161 Å². The van der Waals surface area contributed by atoms with E-state index >= 15 is 0 Å². The zero-order valence-electron chi connectivity index (χ0n) is 14.2. The molecule has 0 heterocycles. The molecule has 5 nitrogen and oxygen atoms in total. The van der Waals surface area contributed by atoms with Crippen LogP contribution in [0.1, 0.15) is 38.5 Å². The summed E-state index contributed by atoms with van der Waals surface area (Å²) in [5, 5.41) is 3.21. The van der Waals surface area contributed by atoms with Crippen LogP contribution in [0, 0.1) is 5.41 Å². The number of sulfone groups is 1. The largest absolute Gasteiger partial charge is 0.355 e. The maximum atomic E-state index is 12.2. The molecule has 1 amide bonds. The summed E-state index contributed by atoms with van der Waals surface area (Å²) in [5.74, 6) is -0.246. The van der Waals surface area contributed by atoms with Crippen molar-refractivity contribution in [1.29, 1.82) is 0 Å². The van der Waals surface area contributed by atoms with Gasteiger partial charge >= 0.3 is 0 Å². The van der Waals surface area contributed by atoms with E-state index in [0.717, 1.165) is 25.7 Å². The van der Waals surface area contributed by atoms with Gasteiger partial charge in [-0.1, -0.05) is 30.9 Å². The molecule has 1 aliphatic carbocycles. The lowest BCUT2D eigenvalue weighted by atomic mass is 9.72. The third kappa shape index (κ3) is 6.44. The van der Waals surface area contributed by atoms with Crippen molar-refractivity contribution in [3.63, 3.8) is 0 Å². The molecule has 0 aromatic heterocycles. The van der Waals surface area contributed by atoms with Crippen LogP contribution in [-0.2, 0) is 14.6 Å². The minimum Gasteiger partial charge on any atom is -0.355 e. The lowest BCUT2D eigenvalue weighted by molar-refractivity contribution is -0.123. The van der Waals surface area contributed by atoms with Crippen LogP contribution in [0.2, 0.25) is 5.02 Å². The first kappa shape index (κ1) is 22.2. The van der Waals surface area contributed by atoms with Gasteiger partial charge in [0, 0.05) is 18.0 Å². The number of nitrogens with two attached hydrogens (primary N) is 1. The highest BCUT2D eigenvalue weighted by Gasteiger charge is 2.32. The van der Waals surface area contributed by atoms with E-state index in [2.05, 4.69) is 5.32 Å². The number of hydrogen-bond acceptors (Lipinski definition) is 4. The van der Waals surface area contributed by atoms with E-state index in [4.69, 9.17) is 17.3 Å². The molecule has 1 aromatic rings. The molecule has 0 bridgehead atoms. The summed E-state index contributed by atoms with van der Waals surface area (Å²) >= 11 is 5.77. The molecular formula is C17H26Cl2N2O3S. The van der Waals surface area contributed by atoms with E-state index in [1.807, 2.05) is 0 Å². The summed E-state index contributed by atoms with van der Waals surface area (Å²) in [4.78, 5) is 12.4. The van der Waals surface area contributed by atoms with Crippen LogP contribution in [0.15, 0.2) is 29.2 Å². The Morgan fingerprint density at radius 1 is 1.16 bits per heavy atom. The molecule has 25 heavy (non-hydrogen) atoms. The Balaban J connectivity index is 0.00000312. The smallest absolute Gasteiger partial charge is 0.220 e. The predicted molar refractivity (Wildman–Crippen MR) is 103 cm³/mol. The second kappa shape index (κ2) is 9.76. The average molecular weight is 409 g/mol. The topological polar surface area (TPSA) is 89.3 Å². The summed E-state index contributed by atoms with van der Waals surface area (Å²) < 4.78 is 24.4. The zero-order chi connectivity index (χ0) is 17.6. The highest BCUT2D eigenvalue weighted by molar-refractivity contribution is 7.91. The van der Waals surface area contributed by atoms with E-state index in [1.165, 1.54) is 18.6 Å². The van der Waals surface area contributed by atoms with Crippen LogP contribution < -0.4 is 11.1 Å². The highest BCUT2D eigenvalue weighted by Crippen LogP contribution is 2.38. The third-order valence-electron chi connectivity index (χ3n) is 4.75. The number of benzene rings is 1. The molecule has 2 rings (SSSR count). The molecule has 3 N–H and O–H groups in total. The Hall–Kier alpha value is -0.820. The lowest BCUT2D eigenvalue weighted by Gasteiger charge is -2.35. The Morgan fingerprint density at radius 2 is 1.76 bits per heavy atom. The number of hydrogen-bond donors (Lipinski definition) is 2. The zero-order valence-corrected chi connectivity index (χ0v) is 16.6. The Kier molecular flexibility index (Phi) is 8.68. The van der Waals surface area contributed by atoms with Gasteiger partial charge in [-0.05, 0) is 49.1 Å². The van der Waals surface area contributed by atoms with Gasteiger partial charge in [-0.15, -0.1) is 12.4 Å². The van der Waals surface area contributed by atoms with Crippen molar-refractivity contribution < 1.29 is 13.2 Å². The van der Waals surface area contributed by atoms with E-state index in [1.54, 1.807) is 12.1 Å². The molecule has 1 saturated carbocycles. The number of carbonyl (C=O) groups excluding carboxylic acids is 1. The SMILES string of the molecule is Cl.NCC1(CC(=O)NCCS(=O)(=O)c2ccc(Cl)cc2)CCCCC1. The van der Waals surface area contributed by atoms with Crippen molar-refractivity contribution in [3.05, 3.63) is 29.3 Å². The van der Waals surface area contributed by atoms with Gasteiger partial charge in [0.25, 0.3) is 0 Å². The van der Waals surface area contributed by atoms with Crippen molar-refractivity contribution in [2.45, 2.75) is 43.4 Å². The van der Waals surface area contributed by atoms with Crippen molar-refractivity contribution in [2.75, 3.05) is 18.8 Å². The minimum absolute atomic E-state index is 0. The number of halogens is 2. The molecular weight excluding hydrogens is 383 g/mol. The van der Waals surface area contributed by atoms with Gasteiger partial charge in [0.1, 0.15) is 0 Å². The van der Waals surface area contributed by atoms with Gasteiger partial charge in [0.2, 0.25) is 5.91 Å². The summed E-state index contributed by atoms with van der Waals surface area (Å²) in [6, 6.07) is 6.04. The van der Waals surface area contributed by atoms with Crippen LogP contribution in [0.4, 0.5) is 0 Å². The fraction of sp³-hybridized carbons (Fsp3) is 0.588. The summed E-state index contributed by atoms with van der Waals surface area (Å²) in [6.07, 6.45) is 5.73. The minimum atomic E-state index is -3.42. The Morgan fingerprint density at radius 3 is 2.32 bits per heavy atom. The maximum Gasteiger partial charge on any atom is 0.220 e. The number of carbonyl (C=O) groups is 1.